The van der Waals surface area contributed by atoms with E-state index >= 15 is 0 Å². The first-order valence-corrected chi connectivity index (χ1v) is 6.21. The summed E-state index contributed by atoms with van der Waals surface area (Å²) in [5, 5.41) is 0. The molecular formula is C8H24N4P+. The summed E-state index contributed by atoms with van der Waals surface area (Å²) >= 11 is 0. The molecule has 0 amide bonds. The van der Waals surface area contributed by atoms with Crippen molar-refractivity contribution in [2.75, 3.05) is 48.8 Å². The highest BCUT2D eigenvalue weighted by Gasteiger charge is 2.34. The van der Waals surface area contributed by atoms with Crippen LogP contribution in [0.4, 0.5) is 0 Å². The van der Waals surface area contributed by atoms with Gasteiger partial charge in [0, 0.05) is 0 Å². The molecule has 0 aliphatic carbocycles. The maximum Gasteiger partial charge on any atom is 0.309 e. The smallest absolute Gasteiger partial charge is 0.235 e. The Kier molecular flexibility index (Phi) is 5.15. The van der Waals surface area contributed by atoms with E-state index in [1.54, 1.807) is 0 Å². The van der Waals surface area contributed by atoms with E-state index in [2.05, 4.69) is 68.0 Å². The van der Waals surface area contributed by atoms with Crippen LogP contribution in [-0.4, -0.2) is 62.8 Å². The van der Waals surface area contributed by atoms with Crippen molar-refractivity contribution in [2.45, 2.75) is 6.92 Å². The van der Waals surface area contributed by atoms with E-state index in [9.17, 15) is 0 Å². The Morgan fingerprint density at radius 3 is 1.23 bits per heavy atom. The van der Waals surface area contributed by atoms with Crippen LogP contribution in [0, 0.1) is 0 Å². The molecule has 0 heterocycles. The minimum atomic E-state index is -1.46. The molecule has 4 nitrogen and oxygen atoms in total. The standard InChI is InChI=1S/C8H23N4P/c1-8-9-13(10(2)3,11(4)5)12(6)7/h8H2,1-7H3/p+1. The average Bonchev–Trinajstić information content (AvgIpc) is 1.97. The van der Waals surface area contributed by atoms with E-state index in [0.29, 0.717) is 0 Å². The molecule has 0 unspecified atom stereocenters. The van der Waals surface area contributed by atoms with Gasteiger partial charge in [0.05, 0.1) is 0 Å². The fourth-order valence-electron chi connectivity index (χ4n) is 1.71. The summed E-state index contributed by atoms with van der Waals surface area (Å²) in [6.45, 7) is 3.13. The SMILES string of the molecule is CC[NH+]=P(N(C)C)(N(C)C)N(C)C. The van der Waals surface area contributed by atoms with Gasteiger partial charge in [-0.25, -0.2) is 18.8 Å². The largest absolute Gasteiger partial charge is 0.309 e. The molecule has 0 aliphatic rings. The lowest BCUT2D eigenvalue weighted by Gasteiger charge is -2.35. The first kappa shape index (κ1) is 13.1. The number of hydrogen-bond acceptors (Lipinski definition) is 0. The number of hydrogen-bond donors (Lipinski definition) is 1. The van der Waals surface area contributed by atoms with E-state index in [0.717, 1.165) is 6.54 Å². The zero-order valence-electron chi connectivity index (χ0n) is 10.00. The summed E-state index contributed by atoms with van der Waals surface area (Å²) in [7, 11) is 11.3. The third kappa shape index (κ3) is 2.53. The highest BCUT2D eigenvalue weighted by Crippen LogP contribution is 2.47. The molecule has 13 heavy (non-hydrogen) atoms. The Morgan fingerprint density at radius 2 is 1.15 bits per heavy atom. The fraction of sp³-hybridized carbons (Fsp3) is 1.00. The molecule has 1 N–H and O–H groups in total. The monoisotopic (exact) mass is 207 g/mol. The second kappa shape index (κ2) is 5.11. The lowest BCUT2D eigenvalue weighted by Crippen LogP contribution is -2.71. The van der Waals surface area contributed by atoms with Crippen LogP contribution in [0.15, 0.2) is 0 Å². The van der Waals surface area contributed by atoms with Crippen molar-refractivity contribution >= 4 is 7.51 Å². The molecule has 0 aromatic carbocycles. The maximum atomic E-state index is 3.58. The molecule has 0 spiro atoms. The van der Waals surface area contributed by atoms with Gasteiger partial charge < -0.3 is 0 Å². The van der Waals surface area contributed by atoms with Gasteiger partial charge in [-0.1, -0.05) is 0 Å². The predicted molar refractivity (Wildman–Crippen MR) is 59.5 cm³/mol. The summed E-state index contributed by atoms with van der Waals surface area (Å²) in [6, 6.07) is 0. The van der Waals surface area contributed by atoms with Gasteiger partial charge >= 0.3 is 7.51 Å². The molecular weight excluding hydrogens is 183 g/mol. The Balaban J connectivity index is 5.20. The fourth-order valence-corrected chi connectivity index (χ4v) is 5.13. The minimum absolute atomic E-state index is 0.988. The van der Waals surface area contributed by atoms with Crippen LogP contribution < -0.4 is 4.74 Å². The maximum absolute atomic E-state index is 3.58. The lowest BCUT2D eigenvalue weighted by atomic mass is 10.8. The molecule has 80 valence electrons. The molecule has 0 rings (SSSR count). The van der Waals surface area contributed by atoms with Crippen LogP contribution in [-0.2, 0) is 0 Å². The van der Waals surface area contributed by atoms with Crippen LogP contribution >= 0.6 is 7.51 Å². The Morgan fingerprint density at radius 1 is 0.846 bits per heavy atom. The third-order valence-electron chi connectivity index (χ3n) is 2.04. The van der Waals surface area contributed by atoms with Crippen LogP contribution in [0.5, 0.6) is 0 Å². The second-order valence-electron chi connectivity index (χ2n) is 3.62. The topological polar surface area (TPSA) is 23.7 Å². The van der Waals surface area contributed by atoms with Gasteiger partial charge in [0.2, 0.25) is 0 Å². The summed E-state index contributed by atoms with van der Waals surface area (Å²) in [6.07, 6.45) is 0. The highest BCUT2D eigenvalue weighted by atomic mass is 31.2. The molecule has 0 saturated carbocycles. The van der Waals surface area contributed by atoms with Crippen LogP contribution in [0.2, 0.25) is 0 Å². The summed E-state index contributed by atoms with van der Waals surface area (Å²) in [4.78, 5) is 0. The summed E-state index contributed by atoms with van der Waals surface area (Å²) in [5.74, 6) is 0. The first-order chi connectivity index (χ1) is 5.89. The first-order valence-electron chi connectivity index (χ1n) is 4.57. The van der Waals surface area contributed by atoms with Gasteiger partial charge in [-0.2, -0.15) is 0 Å². The van der Waals surface area contributed by atoms with Crippen molar-refractivity contribution < 1.29 is 4.74 Å². The van der Waals surface area contributed by atoms with Crippen LogP contribution in [0.25, 0.3) is 0 Å². The number of nitrogens with one attached hydrogen (secondary N) is 1. The van der Waals surface area contributed by atoms with Crippen molar-refractivity contribution in [1.82, 2.24) is 14.0 Å². The van der Waals surface area contributed by atoms with E-state index < -0.39 is 7.51 Å². The molecule has 0 saturated heterocycles. The van der Waals surface area contributed by atoms with E-state index in [-0.39, 0.29) is 0 Å². The van der Waals surface area contributed by atoms with Crippen molar-refractivity contribution in [2.24, 2.45) is 0 Å². The highest BCUT2D eigenvalue weighted by molar-refractivity contribution is 7.56. The Bertz CT molecular complexity index is 170. The van der Waals surface area contributed by atoms with Gasteiger partial charge in [-0.15, -0.1) is 0 Å². The van der Waals surface area contributed by atoms with Gasteiger partial charge in [-0.3, -0.25) is 0 Å². The summed E-state index contributed by atoms with van der Waals surface area (Å²) < 4.78 is 10.4. The lowest BCUT2D eigenvalue weighted by molar-refractivity contribution is -0.440. The molecule has 0 bridgehead atoms. The molecule has 0 aromatic rings. The van der Waals surface area contributed by atoms with Gasteiger partial charge in [0.1, 0.15) is 6.54 Å². The Labute approximate surface area is 82.7 Å². The quantitative estimate of drug-likeness (QED) is 0.641. The van der Waals surface area contributed by atoms with E-state index in [1.165, 1.54) is 0 Å². The molecule has 0 aromatic heterocycles. The number of nitrogens with zero attached hydrogens (tertiary/aromatic N) is 3. The molecule has 0 radical (unpaired) electrons. The van der Waals surface area contributed by atoms with Crippen molar-refractivity contribution in [3.8, 4) is 0 Å². The van der Waals surface area contributed by atoms with Crippen molar-refractivity contribution in [3.63, 3.8) is 0 Å². The van der Waals surface area contributed by atoms with E-state index in [1.807, 2.05) is 0 Å². The average molecular weight is 207 g/mol. The minimum Gasteiger partial charge on any atom is -0.235 e. The second-order valence-corrected chi connectivity index (χ2v) is 7.47. The van der Waals surface area contributed by atoms with Crippen LogP contribution in [0.1, 0.15) is 6.92 Å². The van der Waals surface area contributed by atoms with Crippen LogP contribution in [0.3, 0.4) is 0 Å². The normalized spacial score (nSPS) is 13.1. The predicted octanol–water partition coefficient (Wildman–Crippen LogP) is -0.282. The Hall–Kier alpha value is 0.110. The molecule has 0 fully saturated rings. The molecule has 0 aliphatic heterocycles. The zero-order valence-corrected chi connectivity index (χ0v) is 10.9. The van der Waals surface area contributed by atoms with Gasteiger partial charge in [0.15, 0.2) is 0 Å². The zero-order chi connectivity index (χ0) is 10.6. The third-order valence-corrected chi connectivity index (χ3v) is 6.13. The number of rotatable bonds is 4. The summed E-state index contributed by atoms with van der Waals surface area (Å²) in [5.41, 5.74) is 0. The van der Waals surface area contributed by atoms with Gasteiger partial charge in [-0.05, 0) is 49.2 Å². The van der Waals surface area contributed by atoms with Crippen molar-refractivity contribution in [3.05, 3.63) is 0 Å². The molecule has 0 atom stereocenters. The van der Waals surface area contributed by atoms with Gasteiger partial charge in [0.25, 0.3) is 0 Å². The molecule has 5 heteroatoms. The van der Waals surface area contributed by atoms with E-state index in [4.69, 9.17) is 0 Å². The van der Waals surface area contributed by atoms with Crippen molar-refractivity contribution in [1.29, 1.82) is 0 Å².